The van der Waals surface area contributed by atoms with Crippen molar-refractivity contribution in [3.63, 3.8) is 0 Å². The molecule has 4 heterocycles. The van der Waals surface area contributed by atoms with E-state index >= 15 is 0 Å². The summed E-state index contributed by atoms with van der Waals surface area (Å²) in [6, 6.07) is 2.19. The molecule has 0 N–H and O–H groups in total. The normalized spacial score (nSPS) is 16.5. The van der Waals surface area contributed by atoms with E-state index < -0.39 is 0 Å². The Hall–Kier alpha value is -2.12. The van der Waals surface area contributed by atoms with E-state index in [9.17, 15) is 0 Å². The van der Waals surface area contributed by atoms with Crippen molar-refractivity contribution in [3.05, 3.63) is 46.3 Å². The van der Waals surface area contributed by atoms with Crippen LogP contribution in [0.2, 0.25) is 0 Å². The predicted octanol–water partition coefficient (Wildman–Crippen LogP) is 3.28. The Balaban J connectivity index is 1.38. The van der Waals surface area contributed by atoms with Crippen molar-refractivity contribution < 1.29 is 4.52 Å². The molecular formula is C17H19N5OS. The molecule has 0 amide bonds. The fourth-order valence-electron chi connectivity index (χ4n) is 3.03. The Labute approximate surface area is 144 Å². The summed E-state index contributed by atoms with van der Waals surface area (Å²) in [5.74, 6) is 1.61. The molecule has 7 heteroatoms. The van der Waals surface area contributed by atoms with Gasteiger partial charge >= 0.3 is 0 Å². The molecule has 1 fully saturated rings. The van der Waals surface area contributed by atoms with Crippen molar-refractivity contribution >= 4 is 11.3 Å². The van der Waals surface area contributed by atoms with Gasteiger partial charge in [0.15, 0.2) is 5.82 Å². The highest BCUT2D eigenvalue weighted by atomic mass is 32.1. The van der Waals surface area contributed by atoms with Crippen molar-refractivity contribution in [2.75, 3.05) is 13.1 Å². The van der Waals surface area contributed by atoms with Gasteiger partial charge in [-0.25, -0.2) is 4.98 Å². The lowest BCUT2D eigenvalue weighted by atomic mass is 9.96. The third kappa shape index (κ3) is 3.22. The van der Waals surface area contributed by atoms with Gasteiger partial charge in [-0.2, -0.15) is 4.98 Å². The van der Waals surface area contributed by atoms with Crippen LogP contribution >= 0.6 is 11.3 Å². The number of nitrogens with zero attached hydrogens (tertiary/aromatic N) is 5. The van der Waals surface area contributed by atoms with Crippen LogP contribution in [-0.4, -0.2) is 38.1 Å². The zero-order chi connectivity index (χ0) is 16.4. The predicted molar refractivity (Wildman–Crippen MR) is 91.6 cm³/mol. The number of aromatic nitrogens is 4. The molecule has 3 aromatic heterocycles. The van der Waals surface area contributed by atoms with Crippen molar-refractivity contribution in [3.8, 4) is 11.6 Å². The van der Waals surface area contributed by atoms with E-state index in [1.54, 1.807) is 18.6 Å². The van der Waals surface area contributed by atoms with Crippen LogP contribution in [0.1, 0.15) is 35.0 Å². The Kier molecular flexibility index (Phi) is 4.36. The van der Waals surface area contributed by atoms with Gasteiger partial charge in [0.05, 0.1) is 6.20 Å². The minimum Gasteiger partial charge on any atom is -0.332 e. The van der Waals surface area contributed by atoms with Crippen LogP contribution in [0.3, 0.4) is 0 Å². The summed E-state index contributed by atoms with van der Waals surface area (Å²) in [6.45, 7) is 5.37. The van der Waals surface area contributed by atoms with Crippen molar-refractivity contribution in [2.45, 2.75) is 32.2 Å². The Morgan fingerprint density at radius 3 is 2.88 bits per heavy atom. The fraction of sp³-hybridized carbons (Fsp3) is 0.412. The molecule has 0 saturated carbocycles. The quantitative estimate of drug-likeness (QED) is 0.725. The average molecular weight is 341 g/mol. The highest BCUT2D eigenvalue weighted by molar-refractivity contribution is 7.10. The van der Waals surface area contributed by atoms with E-state index in [2.05, 4.69) is 43.4 Å². The van der Waals surface area contributed by atoms with Gasteiger partial charge in [-0.3, -0.25) is 9.88 Å². The van der Waals surface area contributed by atoms with Crippen molar-refractivity contribution in [1.82, 2.24) is 25.0 Å². The maximum absolute atomic E-state index is 5.36. The van der Waals surface area contributed by atoms with Crippen LogP contribution in [0.25, 0.3) is 11.6 Å². The molecular weight excluding hydrogens is 322 g/mol. The van der Waals surface area contributed by atoms with Gasteiger partial charge in [0.1, 0.15) is 5.69 Å². The van der Waals surface area contributed by atoms with Gasteiger partial charge < -0.3 is 4.52 Å². The lowest BCUT2D eigenvalue weighted by Crippen LogP contribution is -2.32. The molecule has 1 aliphatic heterocycles. The number of rotatable bonds is 4. The topological polar surface area (TPSA) is 67.9 Å². The second kappa shape index (κ2) is 6.78. The van der Waals surface area contributed by atoms with Gasteiger partial charge in [-0.05, 0) is 49.9 Å². The standard InChI is InChI=1S/C17H19N5OS/c1-12-4-9-24-15(12)11-22-7-2-13(3-8-22)16-20-17(23-21-16)14-10-18-5-6-19-14/h4-6,9-10,13H,2-3,7-8,11H2,1H3. The van der Waals surface area contributed by atoms with E-state index in [0.717, 1.165) is 38.3 Å². The summed E-state index contributed by atoms with van der Waals surface area (Å²) >= 11 is 1.85. The number of hydrogen-bond donors (Lipinski definition) is 0. The highest BCUT2D eigenvalue weighted by Gasteiger charge is 2.25. The Morgan fingerprint density at radius 2 is 2.17 bits per heavy atom. The Morgan fingerprint density at radius 1 is 1.29 bits per heavy atom. The lowest BCUT2D eigenvalue weighted by Gasteiger charge is -2.30. The summed E-state index contributed by atoms with van der Waals surface area (Å²) in [7, 11) is 0. The van der Waals surface area contributed by atoms with Crippen molar-refractivity contribution in [2.24, 2.45) is 0 Å². The van der Waals surface area contributed by atoms with Crippen LogP contribution in [0.5, 0.6) is 0 Å². The van der Waals surface area contributed by atoms with Crippen LogP contribution in [0, 0.1) is 6.92 Å². The first-order valence-corrected chi connectivity index (χ1v) is 9.03. The van der Waals surface area contributed by atoms with E-state index in [0.29, 0.717) is 17.5 Å². The van der Waals surface area contributed by atoms with E-state index in [1.165, 1.54) is 10.4 Å². The van der Waals surface area contributed by atoms with Crippen LogP contribution in [-0.2, 0) is 6.54 Å². The van der Waals surface area contributed by atoms with Crippen LogP contribution in [0.4, 0.5) is 0 Å². The first-order valence-electron chi connectivity index (χ1n) is 8.15. The van der Waals surface area contributed by atoms with Gasteiger partial charge in [-0.1, -0.05) is 5.16 Å². The molecule has 0 unspecified atom stereocenters. The van der Waals surface area contributed by atoms with Crippen molar-refractivity contribution in [1.29, 1.82) is 0 Å². The molecule has 0 bridgehead atoms. The molecule has 124 valence electrons. The van der Waals surface area contributed by atoms with Gasteiger partial charge in [0.25, 0.3) is 5.89 Å². The van der Waals surface area contributed by atoms with Gasteiger partial charge in [-0.15, -0.1) is 11.3 Å². The molecule has 24 heavy (non-hydrogen) atoms. The summed E-state index contributed by atoms with van der Waals surface area (Å²) in [4.78, 5) is 16.7. The lowest BCUT2D eigenvalue weighted by molar-refractivity contribution is 0.201. The monoisotopic (exact) mass is 341 g/mol. The number of likely N-dealkylation sites (tertiary alicyclic amines) is 1. The number of thiophene rings is 1. The largest absolute Gasteiger partial charge is 0.332 e. The Bertz CT molecular complexity index is 792. The first kappa shape index (κ1) is 15.4. The summed E-state index contributed by atoms with van der Waals surface area (Å²) in [6.07, 6.45) is 7.02. The average Bonchev–Trinajstić information content (AvgIpc) is 3.26. The molecule has 0 aliphatic carbocycles. The highest BCUT2D eigenvalue weighted by Crippen LogP contribution is 2.29. The zero-order valence-corrected chi connectivity index (χ0v) is 14.4. The SMILES string of the molecule is Cc1ccsc1CN1CCC(c2noc(-c3cnccn3)n2)CC1. The summed E-state index contributed by atoms with van der Waals surface area (Å²) in [5, 5.41) is 6.33. The third-order valence-electron chi connectivity index (χ3n) is 4.51. The van der Waals surface area contributed by atoms with Crippen LogP contribution in [0.15, 0.2) is 34.6 Å². The molecule has 0 atom stereocenters. The molecule has 0 spiro atoms. The molecule has 4 rings (SSSR count). The molecule has 0 aromatic carbocycles. The summed E-state index contributed by atoms with van der Waals surface area (Å²) < 4.78 is 5.36. The van der Waals surface area contributed by atoms with Gasteiger partial charge in [0, 0.05) is 29.7 Å². The molecule has 0 radical (unpaired) electrons. The maximum atomic E-state index is 5.36. The van der Waals surface area contributed by atoms with Crippen LogP contribution < -0.4 is 0 Å². The smallest absolute Gasteiger partial charge is 0.278 e. The summed E-state index contributed by atoms with van der Waals surface area (Å²) in [5.41, 5.74) is 2.02. The first-order chi connectivity index (χ1) is 11.8. The zero-order valence-electron chi connectivity index (χ0n) is 13.6. The van der Waals surface area contributed by atoms with Gasteiger partial charge in [0.2, 0.25) is 0 Å². The molecule has 3 aromatic rings. The fourth-order valence-corrected chi connectivity index (χ4v) is 3.98. The molecule has 1 saturated heterocycles. The third-order valence-corrected chi connectivity index (χ3v) is 5.52. The van der Waals surface area contributed by atoms with E-state index in [-0.39, 0.29) is 0 Å². The number of aryl methyl sites for hydroxylation is 1. The molecule has 6 nitrogen and oxygen atoms in total. The maximum Gasteiger partial charge on any atom is 0.278 e. The minimum absolute atomic E-state index is 0.361. The van der Waals surface area contributed by atoms with E-state index in [1.807, 2.05) is 11.3 Å². The second-order valence-corrected chi connectivity index (χ2v) is 7.13. The second-order valence-electron chi connectivity index (χ2n) is 6.13. The van der Waals surface area contributed by atoms with E-state index in [4.69, 9.17) is 4.52 Å². The minimum atomic E-state index is 0.361. The molecule has 1 aliphatic rings. The number of piperidine rings is 1. The number of hydrogen-bond acceptors (Lipinski definition) is 7.